The van der Waals surface area contributed by atoms with Gasteiger partial charge in [0.05, 0.1) is 11.8 Å². The van der Waals surface area contributed by atoms with Crippen molar-refractivity contribution >= 4 is 27.2 Å². The van der Waals surface area contributed by atoms with Gasteiger partial charge in [-0.1, -0.05) is 0 Å². The maximum absolute atomic E-state index is 11.9. The first-order valence-electron chi connectivity index (χ1n) is 6.04. The van der Waals surface area contributed by atoms with E-state index in [0.29, 0.717) is 11.4 Å². The second-order valence-corrected chi connectivity index (χ2v) is 6.64. The highest BCUT2D eigenvalue weighted by Crippen LogP contribution is 2.30. The molecule has 0 aromatic heterocycles. The van der Waals surface area contributed by atoms with Crippen molar-refractivity contribution in [3.63, 3.8) is 0 Å². The lowest BCUT2D eigenvalue weighted by atomic mass is 10.1. The molecule has 1 aliphatic rings. The van der Waals surface area contributed by atoms with Crippen LogP contribution in [0.5, 0.6) is 5.75 Å². The second-order valence-electron chi connectivity index (χ2n) is 4.57. The van der Waals surface area contributed by atoms with Crippen LogP contribution in [0.1, 0.15) is 17.3 Å². The minimum atomic E-state index is -3.75. The highest BCUT2D eigenvalue weighted by Gasteiger charge is 2.25. The number of fused-ring (bicyclic) bond motifs is 1. The monoisotopic (exact) mass is 308 g/mol. The first-order chi connectivity index (χ1) is 9.82. The average Bonchev–Trinajstić information content (AvgIpc) is 2.38. The van der Waals surface area contributed by atoms with Crippen molar-refractivity contribution in [2.75, 3.05) is 16.8 Å². The summed E-state index contributed by atoms with van der Waals surface area (Å²) < 4.78 is 28.3. The van der Waals surface area contributed by atoms with E-state index in [1.807, 2.05) is 0 Å². The predicted octanol–water partition coefficient (Wildman–Crippen LogP) is 0.527. The summed E-state index contributed by atoms with van der Waals surface area (Å²) in [7, 11) is -3.75. The van der Waals surface area contributed by atoms with E-state index in [0.717, 1.165) is 0 Å². The molecule has 0 bridgehead atoms. The quantitative estimate of drug-likeness (QED) is 0.811. The summed E-state index contributed by atoms with van der Waals surface area (Å²) in [5.41, 5.74) is 0.454. The van der Waals surface area contributed by atoms with Crippen LogP contribution in [-0.4, -0.2) is 37.7 Å². The van der Waals surface area contributed by atoms with Gasteiger partial charge in [0, 0.05) is 5.56 Å². The molecular weight excluding hydrogens is 296 g/mol. The lowest BCUT2D eigenvalue weighted by Crippen LogP contribution is -2.34. The first-order valence-corrected chi connectivity index (χ1v) is 7.86. The lowest BCUT2D eigenvalue weighted by molar-refractivity contribution is -0.122. The number of ketones is 1. The summed E-state index contributed by atoms with van der Waals surface area (Å²) >= 11 is 0. The minimum Gasteiger partial charge on any atom is -0.479 e. The van der Waals surface area contributed by atoms with Gasteiger partial charge in [0.1, 0.15) is 17.3 Å². The summed E-state index contributed by atoms with van der Waals surface area (Å²) in [6.45, 7) is 1.59. The molecule has 1 N–H and O–H groups in total. The van der Waals surface area contributed by atoms with E-state index in [9.17, 15) is 18.0 Å². The Hall–Kier alpha value is -2.40. The molecule has 0 spiro atoms. The molecule has 1 unspecified atom stereocenters. The fraction of sp³-hybridized carbons (Fsp3) is 0.308. The molecule has 1 aliphatic heterocycles. The number of hydrogen-bond acceptors (Lipinski definition) is 6. The molecule has 1 amide bonds. The molecule has 1 atom stereocenters. The Labute approximate surface area is 121 Å². The molecule has 0 fully saturated rings. The third-order valence-electron chi connectivity index (χ3n) is 2.87. The third kappa shape index (κ3) is 3.38. The van der Waals surface area contributed by atoms with E-state index in [-0.39, 0.29) is 11.5 Å². The van der Waals surface area contributed by atoms with Crippen LogP contribution in [-0.2, 0) is 14.6 Å². The zero-order valence-corrected chi connectivity index (χ0v) is 11.9. The number of Topliss-reactive ketones (excluding diaryl/α,β-unsaturated/α-hetero) is 1. The van der Waals surface area contributed by atoms with E-state index in [1.165, 1.54) is 24.3 Å². The van der Waals surface area contributed by atoms with Gasteiger partial charge in [-0.2, -0.15) is 5.26 Å². The molecular formula is C13H12N2O5S. The van der Waals surface area contributed by atoms with Gasteiger partial charge in [0.2, 0.25) is 0 Å². The molecule has 0 saturated carbocycles. The van der Waals surface area contributed by atoms with Crippen molar-refractivity contribution in [3.05, 3.63) is 23.8 Å². The highest BCUT2D eigenvalue weighted by atomic mass is 32.2. The smallest absolute Gasteiger partial charge is 0.265 e. The number of benzene rings is 1. The molecule has 7 nitrogen and oxygen atoms in total. The van der Waals surface area contributed by atoms with Crippen molar-refractivity contribution in [2.45, 2.75) is 13.0 Å². The summed E-state index contributed by atoms with van der Waals surface area (Å²) in [6.07, 6.45) is -0.630. The van der Waals surface area contributed by atoms with Crippen molar-refractivity contribution in [1.29, 1.82) is 5.26 Å². The maximum Gasteiger partial charge on any atom is 0.265 e. The predicted molar refractivity (Wildman–Crippen MR) is 73.8 cm³/mol. The Morgan fingerprint density at radius 3 is 2.86 bits per heavy atom. The third-order valence-corrected chi connectivity index (χ3v) is 4.14. The standard InChI is InChI=1S/C13H12N2O5S/c1-8-13(17)15-10-6-9(2-3-12(10)20-8)11(16)7-21(18,19)5-4-14/h2-3,6,8H,5,7H2,1H3,(H,15,17). The number of nitriles is 1. The number of carbonyl (C=O) groups is 2. The van der Waals surface area contributed by atoms with Gasteiger partial charge in [-0.05, 0) is 25.1 Å². The van der Waals surface area contributed by atoms with E-state index >= 15 is 0 Å². The van der Waals surface area contributed by atoms with Gasteiger partial charge in [-0.3, -0.25) is 9.59 Å². The van der Waals surface area contributed by atoms with Gasteiger partial charge in [-0.25, -0.2) is 8.42 Å². The Balaban J connectivity index is 2.23. The number of nitrogens with zero attached hydrogens (tertiary/aromatic N) is 1. The molecule has 1 heterocycles. The Kier molecular flexibility index (Phi) is 3.95. The van der Waals surface area contributed by atoms with E-state index in [4.69, 9.17) is 10.00 Å². The minimum absolute atomic E-state index is 0.133. The zero-order valence-electron chi connectivity index (χ0n) is 11.1. The average molecular weight is 308 g/mol. The SMILES string of the molecule is CC1Oc2ccc(C(=O)CS(=O)(=O)CC#N)cc2NC1=O. The van der Waals surface area contributed by atoms with Gasteiger partial charge in [0.15, 0.2) is 21.7 Å². The van der Waals surface area contributed by atoms with Crippen molar-refractivity contribution < 1.29 is 22.7 Å². The molecule has 0 saturated heterocycles. The Morgan fingerprint density at radius 1 is 1.48 bits per heavy atom. The van der Waals surface area contributed by atoms with E-state index < -0.39 is 33.2 Å². The van der Waals surface area contributed by atoms with Crippen LogP contribution in [0.2, 0.25) is 0 Å². The fourth-order valence-electron chi connectivity index (χ4n) is 1.81. The van der Waals surface area contributed by atoms with Crippen LogP contribution in [0.15, 0.2) is 18.2 Å². The van der Waals surface area contributed by atoms with Crippen LogP contribution in [0.3, 0.4) is 0 Å². The number of nitrogens with one attached hydrogen (secondary N) is 1. The van der Waals surface area contributed by atoms with Crippen LogP contribution >= 0.6 is 0 Å². The van der Waals surface area contributed by atoms with Crippen LogP contribution in [0.4, 0.5) is 5.69 Å². The summed E-state index contributed by atoms with van der Waals surface area (Å²) in [4.78, 5) is 23.4. The largest absolute Gasteiger partial charge is 0.479 e. The molecule has 1 aromatic carbocycles. The molecule has 1 aromatic rings. The van der Waals surface area contributed by atoms with Gasteiger partial charge in [-0.15, -0.1) is 0 Å². The lowest BCUT2D eigenvalue weighted by Gasteiger charge is -2.23. The number of ether oxygens (including phenoxy) is 1. The summed E-state index contributed by atoms with van der Waals surface area (Å²) in [5, 5.41) is 11.0. The topological polar surface area (TPSA) is 113 Å². The van der Waals surface area contributed by atoms with Crippen molar-refractivity contribution in [1.82, 2.24) is 0 Å². The number of rotatable bonds is 4. The van der Waals surface area contributed by atoms with Crippen LogP contribution in [0, 0.1) is 11.3 Å². The molecule has 110 valence electrons. The van der Waals surface area contributed by atoms with Gasteiger partial charge in [0.25, 0.3) is 5.91 Å². The molecule has 2 rings (SSSR count). The van der Waals surface area contributed by atoms with E-state index in [1.54, 1.807) is 6.92 Å². The summed E-state index contributed by atoms with van der Waals surface area (Å²) in [5.74, 6) is -2.02. The number of sulfone groups is 1. The van der Waals surface area contributed by atoms with Crippen LogP contribution < -0.4 is 10.1 Å². The fourth-order valence-corrected chi connectivity index (χ4v) is 2.68. The van der Waals surface area contributed by atoms with Gasteiger partial charge >= 0.3 is 0 Å². The van der Waals surface area contributed by atoms with E-state index in [2.05, 4.69) is 5.32 Å². The molecule has 0 radical (unpaired) electrons. The maximum atomic E-state index is 11.9. The van der Waals surface area contributed by atoms with Gasteiger partial charge < -0.3 is 10.1 Å². The molecule has 21 heavy (non-hydrogen) atoms. The Bertz CT molecular complexity index is 748. The normalized spacial score (nSPS) is 17.1. The second kappa shape index (κ2) is 5.54. The van der Waals surface area contributed by atoms with Crippen molar-refractivity contribution in [3.8, 4) is 11.8 Å². The highest BCUT2D eigenvalue weighted by molar-refractivity contribution is 7.92. The number of carbonyl (C=O) groups excluding carboxylic acids is 2. The van der Waals surface area contributed by atoms with Crippen molar-refractivity contribution in [2.24, 2.45) is 0 Å². The number of amides is 1. The Morgan fingerprint density at radius 2 is 2.19 bits per heavy atom. The number of hydrogen-bond donors (Lipinski definition) is 1. The molecule has 8 heteroatoms. The number of anilines is 1. The zero-order chi connectivity index (χ0) is 15.6. The summed E-state index contributed by atoms with van der Waals surface area (Å²) in [6, 6.07) is 5.79. The van der Waals surface area contributed by atoms with Crippen LogP contribution in [0.25, 0.3) is 0 Å². The molecule has 0 aliphatic carbocycles. The first kappa shape index (κ1) is 15.0.